The summed E-state index contributed by atoms with van der Waals surface area (Å²) in [5.74, 6) is 0.0885. The predicted molar refractivity (Wildman–Crippen MR) is 73.3 cm³/mol. The van der Waals surface area contributed by atoms with E-state index in [9.17, 15) is 4.79 Å². The molecule has 4 nitrogen and oxygen atoms in total. The van der Waals surface area contributed by atoms with Crippen molar-refractivity contribution < 1.29 is 19.0 Å². The van der Waals surface area contributed by atoms with Gasteiger partial charge in [-0.3, -0.25) is 4.79 Å². The van der Waals surface area contributed by atoms with Crippen molar-refractivity contribution in [2.45, 2.75) is 12.8 Å². The number of rotatable bonds is 11. The molecule has 0 saturated heterocycles. The van der Waals surface area contributed by atoms with E-state index < -0.39 is 0 Å². The molecule has 1 aromatic carbocycles. The fourth-order valence-electron chi connectivity index (χ4n) is 1.59. The smallest absolute Gasteiger partial charge is 0.162 e. The molecule has 1 aromatic rings. The summed E-state index contributed by atoms with van der Waals surface area (Å²) in [5.41, 5.74) is 1.02. The van der Waals surface area contributed by atoms with E-state index in [1.165, 1.54) is 0 Å². The van der Waals surface area contributed by atoms with Crippen LogP contribution >= 0.6 is 0 Å². The molecule has 0 saturated carbocycles. The Labute approximate surface area is 114 Å². The van der Waals surface area contributed by atoms with Crippen LogP contribution in [0, 0.1) is 0 Å². The fourth-order valence-corrected chi connectivity index (χ4v) is 1.59. The number of ketones is 1. The lowest BCUT2D eigenvalue weighted by Gasteiger charge is -2.05. The number of Topliss-reactive ketones (excluding diaryl/α,β-unsaturated/α-hetero) is 1. The zero-order chi connectivity index (χ0) is 13.8. The minimum atomic E-state index is 0.0885. The number of hydrogen-bond donors (Lipinski definition) is 0. The molecular weight excluding hydrogens is 244 g/mol. The summed E-state index contributed by atoms with van der Waals surface area (Å²) >= 11 is 0. The van der Waals surface area contributed by atoms with Crippen LogP contribution in [0.2, 0.25) is 0 Å². The maximum absolute atomic E-state index is 11.6. The number of ether oxygens (including phenoxy) is 3. The molecule has 0 aliphatic carbocycles. The maximum atomic E-state index is 11.6. The van der Waals surface area contributed by atoms with Crippen molar-refractivity contribution in [1.29, 1.82) is 0 Å². The van der Waals surface area contributed by atoms with E-state index in [0.29, 0.717) is 32.8 Å². The number of hydrogen-bond acceptors (Lipinski definition) is 4. The molecule has 0 unspecified atom stereocenters. The van der Waals surface area contributed by atoms with Crippen LogP contribution in [-0.4, -0.2) is 45.9 Å². The van der Waals surface area contributed by atoms with Gasteiger partial charge in [-0.25, -0.2) is 0 Å². The largest absolute Gasteiger partial charge is 0.385 e. The summed E-state index contributed by atoms with van der Waals surface area (Å²) in [4.78, 5) is 11.6. The monoisotopic (exact) mass is 266 g/mol. The summed E-state index contributed by atoms with van der Waals surface area (Å²) in [6.45, 7) is 2.48. The van der Waals surface area contributed by atoms with Crippen molar-refractivity contribution in [3.8, 4) is 0 Å². The highest BCUT2D eigenvalue weighted by Gasteiger charge is 2.03. The lowest BCUT2D eigenvalue weighted by atomic mass is 10.1. The van der Waals surface area contributed by atoms with Gasteiger partial charge in [0, 0.05) is 26.7 Å². The Morgan fingerprint density at radius 2 is 1.74 bits per heavy atom. The quantitative estimate of drug-likeness (QED) is 0.574. The van der Waals surface area contributed by atoms with Crippen LogP contribution in [0.5, 0.6) is 0 Å². The van der Waals surface area contributed by atoms with Gasteiger partial charge in [0.25, 0.3) is 0 Å². The summed E-state index contributed by atoms with van der Waals surface area (Å²) in [7, 11) is 1.67. The van der Waals surface area contributed by atoms with Crippen molar-refractivity contribution in [3.63, 3.8) is 0 Å². The zero-order valence-corrected chi connectivity index (χ0v) is 11.5. The van der Waals surface area contributed by atoms with Crippen LogP contribution < -0.4 is 0 Å². The molecule has 106 valence electrons. The average molecular weight is 266 g/mol. The van der Waals surface area contributed by atoms with E-state index in [1.54, 1.807) is 7.11 Å². The van der Waals surface area contributed by atoms with Gasteiger partial charge >= 0.3 is 0 Å². The lowest BCUT2D eigenvalue weighted by Crippen LogP contribution is -2.14. The normalized spacial score (nSPS) is 10.6. The molecule has 0 heterocycles. The molecule has 4 heteroatoms. The van der Waals surface area contributed by atoms with Crippen molar-refractivity contribution >= 4 is 5.78 Å². The van der Waals surface area contributed by atoms with Crippen molar-refractivity contribution in [1.82, 2.24) is 0 Å². The molecular formula is C15H22O4. The van der Waals surface area contributed by atoms with Crippen LogP contribution in [0.3, 0.4) is 0 Å². The van der Waals surface area contributed by atoms with Crippen molar-refractivity contribution in [3.05, 3.63) is 35.9 Å². The molecule has 0 radical (unpaired) electrons. The minimum absolute atomic E-state index is 0.0885. The minimum Gasteiger partial charge on any atom is -0.385 e. The first-order chi connectivity index (χ1) is 9.33. The third-order valence-electron chi connectivity index (χ3n) is 2.52. The molecule has 0 aromatic heterocycles. The molecule has 0 aliphatic heterocycles. The van der Waals surface area contributed by atoms with Crippen molar-refractivity contribution in [2.75, 3.05) is 40.1 Å². The molecule has 0 N–H and O–H groups in total. The maximum Gasteiger partial charge on any atom is 0.162 e. The van der Waals surface area contributed by atoms with Gasteiger partial charge in [-0.05, 0) is 12.0 Å². The summed E-state index contributed by atoms with van der Waals surface area (Å²) in [6.07, 6.45) is 1.30. The first kappa shape index (κ1) is 15.8. The van der Waals surface area contributed by atoms with Gasteiger partial charge in [0.1, 0.15) is 6.61 Å². The average Bonchev–Trinajstić information content (AvgIpc) is 2.43. The fraction of sp³-hybridized carbons (Fsp3) is 0.533. The van der Waals surface area contributed by atoms with E-state index in [4.69, 9.17) is 14.2 Å². The SMILES string of the molecule is COCCCOCCOCC(=O)Cc1ccccc1. The van der Waals surface area contributed by atoms with Gasteiger partial charge in [-0.2, -0.15) is 0 Å². The highest BCUT2D eigenvalue weighted by atomic mass is 16.5. The van der Waals surface area contributed by atoms with Gasteiger partial charge in [0.2, 0.25) is 0 Å². The van der Waals surface area contributed by atoms with Gasteiger partial charge in [0.15, 0.2) is 5.78 Å². The number of benzene rings is 1. The molecule has 0 amide bonds. The van der Waals surface area contributed by atoms with Gasteiger partial charge < -0.3 is 14.2 Å². The first-order valence-corrected chi connectivity index (χ1v) is 6.53. The third kappa shape index (κ3) is 8.48. The Balaban J connectivity index is 1.96. The van der Waals surface area contributed by atoms with Gasteiger partial charge in [-0.15, -0.1) is 0 Å². The number of methoxy groups -OCH3 is 1. The van der Waals surface area contributed by atoms with E-state index >= 15 is 0 Å². The Morgan fingerprint density at radius 1 is 1.00 bits per heavy atom. The molecule has 0 bridgehead atoms. The van der Waals surface area contributed by atoms with Crippen LogP contribution in [-0.2, 0) is 25.4 Å². The number of carbonyl (C=O) groups excluding carboxylic acids is 1. The molecule has 0 atom stereocenters. The lowest BCUT2D eigenvalue weighted by molar-refractivity contribution is -0.123. The highest BCUT2D eigenvalue weighted by molar-refractivity contribution is 5.81. The van der Waals surface area contributed by atoms with Crippen LogP contribution in [0.1, 0.15) is 12.0 Å². The second-order valence-corrected chi connectivity index (χ2v) is 4.21. The molecule has 1 rings (SSSR count). The van der Waals surface area contributed by atoms with E-state index in [2.05, 4.69) is 0 Å². The standard InChI is InChI=1S/C15H22O4/c1-17-8-5-9-18-10-11-19-13-15(16)12-14-6-3-2-4-7-14/h2-4,6-7H,5,8-13H2,1H3. The summed E-state index contributed by atoms with van der Waals surface area (Å²) < 4.78 is 15.5. The number of carbonyl (C=O) groups is 1. The zero-order valence-electron chi connectivity index (χ0n) is 11.5. The Bertz CT molecular complexity index is 337. The van der Waals surface area contributed by atoms with Crippen LogP contribution in [0.25, 0.3) is 0 Å². The van der Waals surface area contributed by atoms with E-state index in [0.717, 1.165) is 12.0 Å². The molecule has 0 aliphatic rings. The first-order valence-electron chi connectivity index (χ1n) is 6.53. The Hall–Kier alpha value is -1.23. The van der Waals surface area contributed by atoms with Crippen LogP contribution in [0.15, 0.2) is 30.3 Å². The van der Waals surface area contributed by atoms with Crippen molar-refractivity contribution in [2.24, 2.45) is 0 Å². The Morgan fingerprint density at radius 3 is 2.47 bits per heavy atom. The van der Waals surface area contributed by atoms with E-state index in [1.807, 2.05) is 30.3 Å². The summed E-state index contributed by atoms with van der Waals surface area (Å²) in [5, 5.41) is 0. The highest BCUT2D eigenvalue weighted by Crippen LogP contribution is 2.00. The van der Waals surface area contributed by atoms with Gasteiger partial charge in [-0.1, -0.05) is 30.3 Å². The predicted octanol–water partition coefficient (Wildman–Crippen LogP) is 1.87. The molecule has 19 heavy (non-hydrogen) atoms. The Kier molecular flexibility index (Phi) is 8.89. The van der Waals surface area contributed by atoms with Crippen LogP contribution in [0.4, 0.5) is 0 Å². The topological polar surface area (TPSA) is 44.8 Å². The molecule has 0 spiro atoms. The van der Waals surface area contributed by atoms with E-state index in [-0.39, 0.29) is 12.4 Å². The second-order valence-electron chi connectivity index (χ2n) is 4.21. The molecule has 0 fully saturated rings. The second kappa shape index (κ2) is 10.7. The van der Waals surface area contributed by atoms with Gasteiger partial charge in [0.05, 0.1) is 13.2 Å². The summed E-state index contributed by atoms with van der Waals surface area (Å²) in [6, 6.07) is 9.67. The third-order valence-corrected chi connectivity index (χ3v) is 2.52.